The Bertz CT molecular complexity index is 517. The van der Waals surface area contributed by atoms with E-state index >= 15 is 0 Å². The fraction of sp³-hybridized carbons (Fsp3) is 0.588. The van der Waals surface area contributed by atoms with Gasteiger partial charge >= 0.3 is 6.61 Å². The lowest BCUT2D eigenvalue weighted by Crippen LogP contribution is -2.15. The molecule has 1 saturated carbocycles. The van der Waals surface area contributed by atoms with E-state index in [2.05, 4.69) is 10.1 Å². The predicted octanol–water partition coefficient (Wildman–Crippen LogP) is 4.60. The minimum absolute atomic E-state index is 0.0902. The normalized spacial score (nSPS) is 15.5. The molecule has 4 nitrogen and oxygen atoms in total. The second kappa shape index (κ2) is 8.70. The molecule has 0 unspecified atom stereocenters. The minimum atomic E-state index is -2.94. The van der Waals surface area contributed by atoms with Crippen molar-refractivity contribution in [3.8, 4) is 11.5 Å². The van der Waals surface area contributed by atoms with Gasteiger partial charge in [-0.1, -0.05) is 32.1 Å². The van der Waals surface area contributed by atoms with E-state index in [1.165, 1.54) is 51.3 Å². The molecule has 1 N–H and O–H groups in total. The van der Waals surface area contributed by atoms with E-state index in [4.69, 9.17) is 4.74 Å². The van der Waals surface area contributed by atoms with Gasteiger partial charge in [0.25, 0.3) is 0 Å². The van der Waals surface area contributed by atoms with E-state index in [0.717, 1.165) is 6.42 Å². The maximum absolute atomic E-state index is 12.4. The summed E-state index contributed by atoms with van der Waals surface area (Å²) in [5.41, 5.74) is 0.426. The molecule has 0 bridgehead atoms. The van der Waals surface area contributed by atoms with Gasteiger partial charge in [-0.05, 0) is 24.5 Å². The van der Waals surface area contributed by atoms with Crippen molar-refractivity contribution in [1.82, 2.24) is 0 Å². The number of nitrogens with one attached hydrogen (secondary N) is 1. The molecule has 1 fully saturated rings. The third kappa shape index (κ3) is 5.69. The number of alkyl halides is 2. The fourth-order valence-electron chi connectivity index (χ4n) is 2.98. The van der Waals surface area contributed by atoms with Crippen LogP contribution in [0.3, 0.4) is 0 Å². The number of amides is 1. The highest BCUT2D eigenvalue weighted by atomic mass is 19.3. The van der Waals surface area contributed by atoms with Crippen LogP contribution in [0.25, 0.3) is 0 Å². The van der Waals surface area contributed by atoms with Gasteiger partial charge in [-0.25, -0.2) is 0 Å². The molecule has 0 aliphatic heterocycles. The topological polar surface area (TPSA) is 47.6 Å². The van der Waals surface area contributed by atoms with Crippen LogP contribution in [0, 0.1) is 5.92 Å². The third-order valence-electron chi connectivity index (χ3n) is 4.17. The largest absolute Gasteiger partial charge is 0.493 e. The molecule has 0 spiro atoms. The van der Waals surface area contributed by atoms with Crippen LogP contribution >= 0.6 is 0 Å². The van der Waals surface area contributed by atoms with Crippen molar-refractivity contribution in [3.63, 3.8) is 0 Å². The van der Waals surface area contributed by atoms with Crippen LogP contribution in [0.1, 0.15) is 44.9 Å². The standard InChI is InChI=1S/C17H23F2NO3/c1-22-14-9-8-13(11-15(14)23-17(18)19)20-16(21)10-7-12-5-3-2-4-6-12/h8-9,11-12,17H,2-7,10H2,1H3,(H,20,21). The maximum Gasteiger partial charge on any atom is 0.387 e. The van der Waals surface area contributed by atoms with Crippen molar-refractivity contribution in [2.45, 2.75) is 51.6 Å². The number of carbonyl (C=O) groups excluding carboxylic acids is 1. The van der Waals surface area contributed by atoms with Gasteiger partial charge in [-0.2, -0.15) is 8.78 Å². The number of halogens is 2. The molecule has 128 valence electrons. The minimum Gasteiger partial charge on any atom is -0.493 e. The maximum atomic E-state index is 12.4. The number of methoxy groups -OCH3 is 1. The first-order valence-corrected chi connectivity index (χ1v) is 8.01. The van der Waals surface area contributed by atoms with Gasteiger partial charge in [-0.3, -0.25) is 4.79 Å². The zero-order valence-electron chi connectivity index (χ0n) is 13.3. The van der Waals surface area contributed by atoms with E-state index in [0.29, 0.717) is 18.0 Å². The predicted molar refractivity (Wildman–Crippen MR) is 84.1 cm³/mol. The third-order valence-corrected chi connectivity index (χ3v) is 4.17. The first-order chi connectivity index (χ1) is 11.1. The van der Waals surface area contributed by atoms with E-state index in [-0.39, 0.29) is 17.4 Å². The molecule has 0 heterocycles. The Balaban J connectivity index is 1.89. The SMILES string of the molecule is COc1ccc(NC(=O)CCC2CCCCC2)cc1OC(F)F. The van der Waals surface area contributed by atoms with Crippen LogP contribution in [0.2, 0.25) is 0 Å². The van der Waals surface area contributed by atoms with Gasteiger partial charge in [0.15, 0.2) is 11.5 Å². The Kier molecular flexibility index (Phi) is 6.62. The Labute approximate surface area is 135 Å². The lowest BCUT2D eigenvalue weighted by Gasteiger charge is -2.21. The van der Waals surface area contributed by atoms with E-state index in [1.807, 2.05) is 0 Å². The molecule has 6 heteroatoms. The molecule has 2 rings (SSSR count). The highest BCUT2D eigenvalue weighted by Gasteiger charge is 2.16. The molecule has 1 aromatic carbocycles. The summed E-state index contributed by atoms with van der Waals surface area (Å²) >= 11 is 0. The summed E-state index contributed by atoms with van der Waals surface area (Å²) in [6, 6.07) is 4.45. The van der Waals surface area contributed by atoms with Gasteiger partial charge in [0.2, 0.25) is 5.91 Å². The molecule has 1 aliphatic rings. The zero-order valence-corrected chi connectivity index (χ0v) is 13.3. The van der Waals surface area contributed by atoms with Crippen molar-refractivity contribution < 1.29 is 23.0 Å². The van der Waals surface area contributed by atoms with Crippen LogP contribution < -0.4 is 14.8 Å². The number of ether oxygens (including phenoxy) is 2. The highest BCUT2D eigenvalue weighted by Crippen LogP contribution is 2.32. The monoisotopic (exact) mass is 327 g/mol. The van der Waals surface area contributed by atoms with Gasteiger partial charge in [0.1, 0.15) is 0 Å². The summed E-state index contributed by atoms with van der Waals surface area (Å²) < 4.78 is 34.2. The molecule has 1 aliphatic carbocycles. The molecule has 0 radical (unpaired) electrons. The summed E-state index contributed by atoms with van der Waals surface area (Å²) in [7, 11) is 1.37. The first kappa shape index (κ1) is 17.5. The van der Waals surface area contributed by atoms with E-state index in [9.17, 15) is 13.6 Å². The summed E-state index contributed by atoms with van der Waals surface area (Å²) in [5.74, 6) is 0.630. The van der Waals surface area contributed by atoms with Crippen LogP contribution in [0.15, 0.2) is 18.2 Å². The van der Waals surface area contributed by atoms with Gasteiger partial charge < -0.3 is 14.8 Å². The average Bonchev–Trinajstić information content (AvgIpc) is 2.54. The number of benzene rings is 1. The summed E-state index contributed by atoms with van der Waals surface area (Å²) in [5, 5.41) is 2.73. The van der Waals surface area contributed by atoms with Gasteiger partial charge in [0, 0.05) is 18.2 Å². The average molecular weight is 327 g/mol. The summed E-state index contributed by atoms with van der Waals surface area (Å²) in [6.45, 7) is -2.94. The lowest BCUT2D eigenvalue weighted by atomic mass is 9.86. The second-order valence-corrected chi connectivity index (χ2v) is 5.84. The van der Waals surface area contributed by atoms with E-state index < -0.39 is 6.61 Å². The van der Waals surface area contributed by atoms with Crippen LogP contribution in [0.5, 0.6) is 11.5 Å². The molecule has 1 amide bonds. The van der Waals surface area contributed by atoms with Crippen LogP contribution in [-0.2, 0) is 4.79 Å². The molecular formula is C17H23F2NO3. The molecule has 0 aromatic heterocycles. The van der Waals surface area contributed by atoms with Gasteiger partial charge in [-0.15, -0.1) is 0 Å². The Morgan fingerprint density at radius 3 is 2.65 bits per heavy atom. The fourth-order valence-corrected chi connectivity index (χ4v) is 2.98. The molecule has 1 aromatic rings. The van der Waals surface area contributed by atoms with Crippen molar-refractivity contribution in [1.29, 1.82) is 0 Å². The summed E-state index contributed by atoms with van der Waals surface area (Å²) in [4.78, 5) is 12.0. The second-order valence-electron chi connectivity index (χ2n) is 5.84. The molecule has 0 saturated heterocycles. The Hall–Kier alpha value is -1.85. The van der Waals surface area contributed by atoms with Crippen molar-refractivity contribution in [2.24, 2.45) is 5.92 Å². The molecule has 23 heavy (non-hydrogen) atoms. The van der Waals surface area contributed by atoms with Crippen LogP contribution in [-0.4, -0.2) is 19.6 Å². The van der Waals surface area contributed by atoms with Gasteiger partial charge in [0.05, 0.1) is 7.11 Å². The number of hydrogen-bond donors (Lipinski definition) is 1. The number of anilines is 1. The quantitative estimate of drug-likeness (QED) is 0.796. The highest BCUT2D eigenvalue weighted by molar-refractivity contribution is 5.91. The van der Waals surface area contributed by atoms with Crippen molar-refractivity contribution in [2.75, 3.05) is 12.4 Å². The van der Waals surface area contributed by atoms with Crippen molar-refractivity contribution in [3.05, 3.63) is 18.2 Å². The summed E-state index contributed by atoms with van der Waals surface area (Å²) in [6.07, 6.45) is 7.51. The van der Waals surface area contributed by atoms with Crippen molar-refractivity contribution >= 4 is 11.6 Å². The number of carbonyl (C=O) groups is 1. The molecular weight excluding hydrogens is 304 g/mol. The molecule has 0 atom stereocenters. The smallest absolute Gasteiger partial charge is 0.387 e. The zero-order chi connectivity index (χ0) is 16.7. The Morgan fingerprint density at radius 1 is 1.26 bits per heavy atom. The van der Waals surface area contributed by atoms with E-state index in [1.54, 1.807) is 6.07 Å². The first-order valence-electron chi connectivity index (χ1n) is 8.01. The number of rotatable bonds is 7. The van der Waals surface area contributed by atoms with Crippen LogP contribution in [0.4, 0.5) is 14.5 Å². The number of hydrogen-bond acceptors (Lipinski definition) is 3. The Morgan fingerprint density at radius 2 is 2.00 bits per heavy atom. The lowest BCUT2D eigenvalue weighted by molar-refractivity contribution is -0.116.